The maximum atomic E-state index is 5.31. The molecule has 7 nitrogen and oxygen atoms in total. The number of hydrogen-bond donors (Lipinski definition) is 0. The van der Waals surface area contributed by atoms with Crippen molar-refractivity contribution in [1.29, 1.82) is 0 Å². The van der Waals surface area contributed by atoms with Gasteiger partial charge in [-0.15, -0.1) is 0 Å². The van der Waals surface area contributed by atoms with Crippen molar-refractivity contribution in [2.75, 3.05) is 26.2 Å². The van der Waals surface area contributed by atoms with Gasteiger partial charge in [-0.05, 0) is 36.8 Å². The second-order valence-corrected chi connectivity index (χ2v) is 5.92. The number of pyridine rings is 1. The standard InChI is InChI=1S/C19H22N4O3/c1-13(14-6-5-7-16(10-14)25-4)23(2)18-9-8-15(11-20-18)19-21-17(12-24-3)22-26-19/h5-11,13H,12H2,1-4H3/t13-/m0/s1. The molecule has 0 spiro atoms. The number of anilines is 1. The van der Waals surface area contributed by atoms with E-state index in [0.29, 0.717) is 18.3 Å². The molecule has 0 fully saturated rings. The SMILES string of the molecule is COCc1noc(-c2ccc(N(C)[C@@H](C)c3cccc(OC)c3)nc2)n1. The maximum Gasteiger partial charge on any atom is 0.259 e. The lowest BCUT2D eigenvalue weighted by Gasteiger charge is -2.26. The number of methoxy groups -OCH3 is 2. The summed E-state index contributed by atoms with van der Waals surface area (Å²) in [5, 5.41) is 3.86. The fourth-order valence-corrected chi connectivity index (χ4v) is 2.60. The van der Waals surface area contributed by atoms with E-state index < -0.39 is 0 Å². The lowest BCUT2D eigenvalue weighted by atomic mass is 10.1. The molecule has 26 heavy (non-hydrogen) atoms. The first-order chi connectivity index (χ1) is 12.6. The number of rotatable bonds is 7. The highest BCUT2D eigenvalue weighted by molar-refractivity contribution is 5.55. The van der Waals surface area contributed by atoms with Gasteiger partial charge >= 0.3 is 0 Å². The van der Waals surface area contributed by atoms with Crippen molar-refractivity contribution in [3.63, 3.8) is 0 Å². The van der Waals surface area contributed by atoms with Gasteiger partial charge in [-0.1, -0.05) is 17.3 Å². The molecule has 0 aliphatic heterocycles. The lowest BCUT2D eigenvalue weighted by Crippen LogP contribution is -2.22. The van der Waals surface area contributed by atoms with Gasteiger partial charge in [-0.25, -0.2) is 4.98 Å². The summed E-state index contributed by atoms with van der Waals surface area (Å²) >= 11 is 0. The Bertz CT molecular complexity index is 848. The van der Waals surface area contributed by atoms with Gasteiger partial charge in [0.1, 0.15) is 18.2 Å². The molecule has 1 aromatic carbocycles. The summed E-state index contributed by atoms with van der Waals surface area (Å²) < 4.78 is 15.5. The Morgan fingerprint density at radius 3 is 2.73 bits per heavy atom. The summed E-state index contributed by atoms with van der Waals surface area (Å²) in [5.74, 6) is 2.63. The molecule has 3 rings (SSSR count). The molecule has 136 valence electrons. The molecule has 0 amide bonds. The van der Waals surface area contributed by atoms with E-state index >= 15 is 0 Å². The zero-order valence-corrected chi connectivity index (χ0v) is 15.3. The molecule has 3 aromatic rings. The van der Waals surface area contributed by atoms with Gasteiger partial charge in [0.25, 0.3) is 5.89 Å². The zero-order chi connectivity index (χ0) is 18.5. The summed E-state index contributed by atoms with van der Waals surface area (Å²) in [6.45, 7) is 2.44. The minimum atomic E-state index is 0.139. The molecule has 0 aliphatic carbocycles. The van der Waals surface area contributed by atoms with E-state index in [9.17, 15) is 0 Å². The van der Waals surface area contributed by atoms with E-state index in [-0.39, 0.29) is 6.04 Å². The van der Waals surface area contributed by atoms with E-state index in [4.69, 9.17) is 14.0 Å². The minimum Gasteiger partial charge on any atom is -0.497 e. The molecule has 1 atom stereocenters. The molecule has 0 N–H and O–H groups in total. The molecule has 0 aliphatic rings. The maximum absolute atomic E-state index is 5.31. The fourth-order valence-electron chi connectivity index (χ4n) is 2.60. The topological polar surface area (TPSA) is 73.5 Å². The van der Waals surface area contributed by atoms with Crippen LogP contribution >= 0.6 is 0 Å². The van der Waals surface area contributed by atoms with E-state index in [1.807, 2.05) is 37.4 Å². The van der Waals surface area contributed by atoms with Gasteiger partial charge in [-0.3, -0.25) is 0 Å². The Balaban J connectivity index is 1.76. The summed E-state index contributed by atoms with van der Waals surface area (Å²) in [4.78, 5) is 10.9. The van der Waals surface area contributed by atoms with Crippen molar-refractivity contribution in [1.82, 2.24) is 15.1 Å². The molecular formula is C19H22N4O3. The first kappa shape index (κ1) is 17.9. The van der Waals surface area contributed by atoms with Crippen LogP contribution < -0.4 is 9.64 Å². The van der Waals surface area contributed by atoms with E-state index in [0.717, 1.165) is 22.7 Å². The predicted molar refractivity (Wildman–Crippen MR) is 98.1 cm³/mol. The van der Waals surface area contributed by atoms with Crippen LogP contribution in [-0.4, -0.2) is 36.4 Å². The molecule has 0 bridgehead atoms. The van der Waals surface area contributed by atoms with E-state index in [1.54, 1.807) is 20.4 Å². The molecule has 0 saturated heterocycles. The molecular weight excluding hydrogens is 332 g/mol. The quantitative estimate of drug-likeness (QED) is 0.643. The fraction of sp³-hybridized carbons (Fsp3) is 0.316. The number of aromatic nitrogens is 3. The smallest absolute Gasteiger partial charge is 0.259 e. The summed E-state index contributed by atoms with van der Waals surface area (Å²) in [6.07, 6.45) is 1.73. The highest BCUT2D eigenvalue weighted by atomic mass is 16.5. The second kappa shape index (κ2) is 7.97. The molecule has 2 aromatic heterocycles. The number of hydrogen-bond acceptors (Lipinski definition) is 7. The van der Waals surface area contributed by atoms with Gasteiger partial charge < -0.3 is 18.9 Å². The van der Waals surface area contributed by atoms with Crippen LogP contribution in [0.3, 0.4) is 0 Å². The molecule has 2 heterocycles. The average molecular weight is 354 g/mol. The van der Waals surface area contributed by atoms with Gasteiger partial charge in [-0.2, -0.15) is 4.98 Å². The van der Waals surface area contributed by atoms with Crippen LogP contribution in [0.4, 0.5) is 5.82 Å². The Kier molecular flexibility index (Phi) is 5.48. The van der Waals surface area contributed by atoms with Gasteiger partial charge in [0.15, 0.2) is 5.82 Å². The third kappa shape index (κ3) is 3.83. The minimum absolute atomic E-state index is 0.139. The average Bonchev–Trinajstić information content (AvgIpc) is 3.16. The highest BCUT2D eigenvalue weighted by Gasteiger charge is 2.15. The zero-order valence-electron chi connectivity index (χ0n) is 15.3. The molecule has 0 radical (unpaired) electrons. The van der Waals surface area contributed by atoms with E-state index in [1.165, 1.54) is 0 Å². The Labute approximate surface area is 152 Å². The molecule has 0 saturated carbocycles. The van der Waals surface area contributed by atoms with Crippen LogP contribution in [0.2, 0.25) is 0 Å². The third-order valence-electron chi connectivity index (χ3n) is 4.25. The van der Waals surface area contributed by atoms with Crippen molar-refractivity contribution in [2.24, 2.45) is 0 Å². The van der Waals surface area contributed by atoms with Gasteiger partial charge in [0.2, 0.25) is 0 Å². The van der Waals surface area contributed by atoms with Crippen molar-refractivity contribution < 1.29 is 14.0 Å². The Hall–Kier alpha value is -2.93. The largest absolute Gasteiger partial charge is 0.497 e. The van der Waals surface area contributed by atoms with Crippen LogP contribution in [0.5, 0.6) is 5.75 Å². The lowest BCUT2D eigenvalue weighted by molar-refractivity contribution is 0.174. The molecule has 0 unspecified atom stereocenters. The van der Waals surface area contributed by atoms with Crippen molar-refractivity contribution in [3.05, 3.63) is 54.0 Å². The van der Waals surface area contributed by atoms with Crippen LogP contribution in [0.25, 0.3) is 11.5 Å². The summed E-state index contributed by atoms with van der Waals surface area (Å²) in [7, 11) is 5.27. The van der Waals surface area contributed by atoms with Crippen LogP contribution in [0.15, 0.2) is 47.1 Å². The summed E-state index contributed by atoms with van der Waals surface area (Å²) in [5.41, 5.74) is 1.92. The number of benzene rings is 1. The van der Waals surface area contributed by atoms with Gasteiger partial charge in [0.05, 0.1) is 18.7 Å². The first-order valence-electron chi connectivity index (χ1n) is 8.27. The van der Waals surface area contributed by atoms with Crippen molar-refractivity contribution in [3.8, 4) is 17.2 Å². The normalized spacial score (nSPS) is 12.0. The monoisotopic (exact) mass is 354 g/mol. The van der Waals surface area contributed by atoms with Crippen LogP contribution in [0, 0.1) is 0 Å². The Morgan fingerprint density at radius 1 is 1.19 bits per heavy atom. The van der Waals surface area contributed by atoms with Gasteiger partial charge in [0, 0.05) is 20.4 Å². The van der Waals surface area contributed by atoms with Crippen molar-refractivity contribution >= 4 is 5.82 Å². The predicted octanol–water partition coefficient (Wildman–Crippen LogP) is 3.48. The third-order valence-corrected chi connectivity index (χ3v) is 4.25. The number of nitrogens with zero attached hydrogens (tertiary/aromatic N) is 4. The molecule has 7 heteroatoms. The second-order valence-electron chi connectivity index (χ2n) is 5.92. The first-order valence-corrected chi connectivity index (χ1v) is 8.27. The number of ether oxygens (including phenoxy) is 2. The Morgan fingerprint density at radius 2 is 2.04 bits per heavy atom. The van der Waals surface area contributed by atoms with Crippen LogP contribution in [0.1, 0.15) is 24.4 Å². The summed E-state index contributed by atoms with van der Waals surface area (Å²) in [6, 6.07) is 12.0. The van der Waals surface area contributed by atoms with E-state index in [2.05, 4.69) is 33.0 Å². The van der Waals surface area contributed by atoms with Crippen LogP contribution in [-0.2, 0) is 11.3 Å². The highest BCUT2D eigenvalue weighted by Crippen LogP contribution is 2.27. The van der Waals surface area contributed by atoms with Crippen molar-refractivity contribution in [2.45, 2.75) is 19.6 Å².